The molecule has 1 unspecified atom stereocenters. The van der Waals surface area contributed by atoms with Gasteiger partial charge in [0.2, 0.25) is 0 Å². The summed E-state index contributed by atoms with van der Waals surface area (Å²) in [7, 11) is 0. The van der Waals surface area contributed by atoms with Gasteiger partial charge in [0, 0.05) is 18.8 Å². The minimum atomic E-state index is -0.667. The first-order valence-corrected chi connectivity index (χ1v) is 3.77. The molecule has 3 nitrogen and oxygen atoms in total. The Kier molecular flexibility index (Phi) is 2.54. The highest BCUT2D eigenvalue weighted by Gasteiger charge is 2.11. The lowest BCUT2D eigenvalue weighted by Crippen LogP contribution is -2.31. The van der Waals surface area contributed by atoms with E-state index in [9.17, 15) is 5.11 Å². The van der Waals surface area contributed by atoms with Crippen molar-refractivity contribution in [3.63, 3.8) is 0 Å². The van der Waals surface area contributed by atoms with Crippen LogP contribution in [-0.4, -0.2) is 27.9 Å². The molecule has 0 spiro atoms. The standard InChI is InChI=1S/C8H13NO2/c1-2-4-9-5-3-7(10)6-8(9)11/h3,5-6,8,10-11H,2,4H2,1H3. The first kappa shape index (κ1) is 8.14. The highest BCUT2D eigenvalue weighted by atomic mass is 16.3. The molecule has 2 N–H and O–H groups in total. The second kappa shape index (κ2) is 3.44. The second-order valence-electron chi connectivity index (χ2n) is 2.56. The van der Waals surface area contributed by atoms with Crippen LogP contribution in [0.25, 0.3) is 0 Å². The topological polar surface area (TPSA) is 43.7 Å². The third kappa shape index (κ3) is 1.98. The van der Waals surface area contributed by atoms with Gasteiger partial charge in [0.15, 0.2) is 0 Å². The molecule has 0 aliphatic carbocycles. The Labute approximate surface area is 66.3 Å². The number of hydrogen-bond donors (Lipinski definition) is 2. The molecule has 62 valence electrons. The van der Waals surface area contributed by atoms with Crippen LogP contribution in [0.1, 0.15) is 13.3 Å². The van der Waals surface area contributed by atoms with Gasteiger partial charge in [-0.15, -0.1) is 0 Å². The monoisotopic (exact) mass is 155 g/mol. The Morgan fingerprint density at radius 2 is 2.36 bits per heavy atom. The normalized spacial score (nSPS) is 23.6. The lowest BCUT2D eigenvalue weighted by Gasteiger charge is -2.26. The van der Waals surface area contributed by atoms with Gasteiger partial charge < -0.3 is 15.1 Å². The van der Waals surface area contributed by atoms with Crippen LogP contribution < -0.4 is 0 Å². The molecular formula is C8H13NO2. The maximum atomic E-state index is 9.31. The van der Waals surface area contributed by atoms with Crippen molar-refractivity contribution < 1.29 is 10.2 Å². The summed E-state index contributed by atoms with van der Waals surface area (Å²) in [5.74, 6) is 0.129. The summed E-state index contributed by atoms with van der Waals surface area (Å²) in [4.78, 5) is 1.76. The molecule has 0 fully saturated rings. The van der Waals surface area contributed by atoms with E-state index >= 15 is 0 Å². The van der Waals surface area contributed by atoms with Gasteiger partial charge in [-0.3, -0.25) is 0 Å². The van der Waals surface area contributed by atoms with Gasteiger partial charge in [0.05, 0.1) is 0 Å². The van der Waals surface area contributed by atoms with E-state index in [1.165, 1.54) is 6.08 Å². The molecule has 0 aromatic carbocycles. The molecule has 1 rings (SSSR count). The maximum Gasteiger partial charge on any atom is 0.149 e. The van der Waals surface area contributed by atoms with E-state index in [0.29, 0.717) is 0 Å². The molecular weight excluding hydrogens is 142 g/mol. The van der Waals surface area contributed by atoms with Gasteiger partial charge in [0.1, 0.15) is 12.0 Å². The zero-order chi connectivity index (χ0) is 8.27. The highest BCUT2D eigenvalue weighted by molar-refractivity contribution is 5.16. The van der Waals surface area contributed by atoms with Gasteiger partial charge in [-0.25, -0.2) is 0 Å². The lowest BCUT2D eigenvalue weighted by atomic mass is 10.3. The Balaban J connectivity index is 2.54. The van der Waals surface area contributed by atoms with Crippen molar-refractivity contribution in [1.29, 1.82) is 0 Å². The first-order valence-electron chi connectivity index (χ1n) is 3.77. The van der Waals surface area contributed by atoms with Crippen molar-refractivity contribution in [2.75, 3.05) is 6.54 Å². The SMILES string of the molecule is CCCN1C=CC(O)=CC1O. The maximum absolute atomic E-state index is 9.31. The van der Waals surface area contributed by atoms with E-state index in [0.717, 1.165) is 13.0 Å². The zero-order valence-corrected chi connectivity index (χ0v) is 6.57. The molecule has 0 saturated heterocycles. The predicted octanol–water partition coefficient (Wildman–Crippen LogP) is 0.986. The van der Waals surface area contributed by atoms with Crippen molar-refractivity contribution in [3.8, 4) is 0 Å². The van der Waals surface area contributed by atoms with Crippen molar-refractivity contribution in [2.24, 2.45) is 0 Å². The summed E-state index contributed by atoms with van der Waals surface area (Å²) >= 11 is 0. The zero-order valence-electron chi connectivity index (χ0n) is 6.57. The minimum Gasteiger partial charge on any atom is -0.508 e. The Hall–Kier alpha value is -0.960. The van der Waals surface area contributed by atoms with Crippen LogP contribution in [0.5, 0.6) is 0 Å². The fourth-order valence-corrected chi connectivity index (χ4v) is 1.03. The summed E-state index contributed by atoms with van der Waals surface area (Å²) in [5, 5.41) is 18.3. The fourth-order valence-electron chi connectivity index (χ4n) is 1.03. The highest BCUT2D eigenvalue weighted by Crippen LogP contribution is 2.09. The van der Waals surface area contributed by atoms with Gasteiger partial charge in [-0.2, -0.15) is 0 Å². The fraction of sp³-hybridized carbons (Fsp3) is 0.500. The second-order valence-corrected chi connectivity index (χ2v) is 2.56. The molecule has 1 atom stereocenters. The summed E-state index contributed by atoms with van der Waals surface area (Å²) in [5.41, 5.74) is 0. The molecule has 1 heterocycles. The van der Waals surface area contributed by atoms with E-state index in [1.807, 2.05) is 6.92 Å². The molecule has 11 heavy (non-hydrogen) atoms. The molecule has 0 bridgehead atoms. The Morgan fingerprint density at radius 1 is 1.64 bits per heavy atom. The molecule has 0 saturated carbocycles. The average molecular weight is 155 g/mol. The molecule has 0 amide bonds. The number of hydrogen-bond acceptors (Lipinski definition) is 3. The van der Waals surface area contributed by atoms with Crippen LogP contribution in [0.2, 0.25) is 0 Å². The average Bonchev–Trinajstić information content (AvgIpc) is 1.95. The van der Waals surface area contributed by atoms with Crippen molar-refractivity contribution in [3.05, 3.63) is 24.1 Å². The summed E-state index contributed by atoms with van der Waals surface area (Å²) in [6, 6.07) is 0. The van der Waals surface area contributed by atoms with Crippen LogP contribution in [-0.2, 0) is 0 Å². The lowest BCUT2D eigenvalue weighted by molar-refractivity contribution is 0.0733. The number of nitrogens with zero attached hydrogens (tertiary/aromatic N) is 1. The molecule has 1 aliphatic rings. The van der Waals surface area contributed by atoms with Crippen molar-refractivity contribution in [1.82, 2.24) is 4.90 Å². The Bertz CT molecular complexity index is 187. The van der Waals surface area contributed by atoms with Gasteiger partial charge in [-0.05, 0) is 12.5 Å². The molecule has 0 aromatic heterocycles. The smallest absolute Gasteiger partial charge is 0.149 e. The van der Waals surface area contributed by atoms with Crippen LogP contribution in [0.3, 0.4) is 0 Å². The van der Waals surface area contributed by atoms with Crippen LogP contribution in [0.4, 0.5) is 0 Å². The van der Waals surface area contributed by atoms with Crippen molar-refractivity contribution >= 4 is 0 Å². The van der Waals surface area contributed by atoms with Crippen molar-refractivity contribution in [2.45, 2.75) is 19.6 Å². The van der Waals surface area contributed by atoms with Gasteiger partial charge in [-0.1, -0.05) is 6.92 Å². The largest absolute Gasteiger partial charge is 0.508 e. The molecule has 0 radical (unpaired) electrons. The Morgan fingerprint density at radius 3 is 2.91 bits per heavy atom. The minimum absolute atomic E-state index is 0.129. The van der Waals surface area contributed by atoms with E-state index in [-0.39, 0.29) is 5.76 Å². The number of aliphatic hydroxyl groups excluding tert-OH is 2. The summed E-state index contributed by atoms with van der Waals surface area (Å²) < 4.78 is 0. The van der Waals surface area contributed by atoms with Gasteiger partial charge in [0.25, 0.3) is 0 Å². The number of rotatable bonds is 2. The predicted molar refractivity (Wildman–Crippen MR) is 42.9 cm³/mol. The van der Waals surface area contributed by atoms with Crippen LogP contribution >= 0.6 is 0 Å². The van der Waals surface area contributed by atoms with Crippen LogP contribution in [0, 0.1) is 0 Å². The van der Waals surface area contributed by atoms with E-state index in [4.69, 9.17) is 5.11 Å². The van der Waals surface area contributed by atoms with Gasteiger partial charge >= 0.3 is 0 Å². The van der Waals surface area contributed by atoms with E-state index in [1.54, 1.807) is 17.2 Å². The summed E-state index contributed by atoms with van der Waals surface area (Å²) in [6.45, 7) is 2.85. The molecule has 3 heteroatoms. The quantitative estimate of drug-likeness (QED) is 0.625. The molecule has 1 aliphatic heterocycles. The number of allylic oxidation sites excluding steroid dienone is 1. The molecule has 0 aromatic rings. The third-order valence-corrected chi connectivity index (χ3v) is 1.58. The first-order chi connectivity index (χ1) is 5.24. The summed E-state index contributed by atoms with van der Waals surface area (Å²) in [6.07, 6.45) is 5.00. The number of aliphatic hydroxyl groups is 2. The van der Waals surface area contributed by atoms with Crippen LogP contribution in [0.15, 0.2) is 24.1 Å². The van der Waals surface area contributed by atoms with E-state index in [2.05, 4.69) is 0 Å². The van der Waals surface area contributed by atoms with E-state index < -0.39 is 6.23 Å². The third-order valence-electron chi connectivity index (χ3n) is 1.58.